The molecule has 1 aromatic carbocycles. The van der Waals surface area contributed by atoms with E-state index in [1.54, 1.807) is 47.2 Å². The molecule has 1 fully saturated rings. The highest BCUT2D eigenvalue weighted by Gasteiger charge is 2.25. The highest BCUT2D eigenvalue weighted by molar-refractivity contribution is 6.32. The minimum absolute atomic E-state index is 0.0259. The Morgan fingerprint density at radius 2 is 1.92 bits per heavy atom. The molecule has 2 heterocycles. The normalized spacial score (nSPS) is 14.2. The first-order chi connectivity index (χ1) is 12.6. The molecule has 1 saturated heterocycles. The van der Waals surface area contributed by atoms with Crippen LogP contribution in [0.4, 0.5) is 5.69 Å². The van der Waals surface area contributed by atoms with Crippen LogP contribution < -0.4 is 10.1 Å². The van der Waals surface area contributed by atoms with Crippen LogP contribution in [0.15, 0.2) is 41.0 Å². The molecule has 0 aliphatic carbocycles. The number of nitrogens with one attached hydrogen (secondary N) is 1. The molecule has 1 aliphatic heterocycles. The third-order valence-corrected chi connectivity index (χ3v) is 4.54. The van der Waals surface area contributed by atoms with Crippen molar-refractivity contribution in [1.29, 1.82) is 0 Å². The van der Waals surface area contributed by atoms with Crippen molar-refractivity contribution >= 4 is 29.1 Å². The zero-order chi connectivity index (χ0) is 18.5. The van der Waals surface area contributed by atoms with Gasteiger partial charge in [-0.25, -0.2) is 0 Å². The third-order valence-electron chi connectivity index (χ3n) is 4.25. The molecule has 0 saturated carbocycles. The number of hydrogen-bond acceptors (Lipinski definition) is 5. The van der Waals surface area contributed by atoms with Gasteiger partial charge in [-0.2, -0.15) is 0 Å². The molecule has 26 heavy (non-hydrogen) atoms. The van der Waals surface area contributed by atoms with Crippen LogP contribution in [0.25, 0.3) is 0 Å². The average molecular weight is 378 g/mol. The predicted octanol–water partition coefficient (Wildman–Crippen LogP) is 2.34. The molecule has 0 unspecified atom stereocenters. The first-order valence-electron chi connectivity index (χ1n) is 8.26. The van der Waals surface area contributed by atoms with Gasteiger partial charge in [0.25, 0.3) is 5.91 Å². The molecular weight excluding hydrogens is 358 g/mol. The first kappa shape index (κ1) is 18.1. The van der Waals surface area contributed by atoms with Crippen molar-refractivity contribution in [2.45, 2.75) is 0 Å². The SMILES string of the molecule is COc1ccc(NCC(=O)N2CCN(C(=O)c3ccco3)CC2)cc1Cl. The van der Waals surface area contributed by atoms with Crippen molar-refractivity contribution in [3.8, 4) is 5.75 Å². The van der Waals surface area contributed by atoms with Crippen molar-refractivity contribution in [2.75, 3.05) is 45.2 Å². The lowest BCUT2D eigenvalue weighted by molar-refractivity contribution is -0.130. The largest absolute Gasteiger partial charge is 0.495 e. The molecule has 1 aromatic heterocycles. The summed E-state index contributed by atoms with van der Waals surface area (Å²) in [6.45, 7) is 2.13. The summed E-state index contributed by atoms with van der Waals surface area (Å²) in [4.78, 5) is 28.0. The van der Waals surface area contributed by atoms with Crippen LogP contribution in [0.2, 0.25) is 5.02 Å². The van der Waals surface area contributed by atoms with E-state index in [-0.39, 0.29) is 18.4 Å². The molecule has 2 aromatic rings. The molecule has 1 aliphatic rings. The van der Waals surface area contributed by atoms with Gasteiger partial charge < -0.3 is 24.3 Å². The van der Waals surface area contributed by atoms with Gasteiger partial charge in [0.05, 0.1) is 24.9 Å². The standard InChI is InChI=1S/C18H20ClN3O4/c1-25-15-5-4-13(11-14(15)19)20-12-17(23)21-6-8-22(9-7-21)18(24)16-3-2-10-26-16/h2-5,10-11,20H,6-9,12H2,1H3. The van der Waals surface area contributed by atoms with Crippen molar-refractivity contribution < 1.29 is 18.7 Å². The van der Waals surface area contributed by atoms with Gasteiger partial charge in [-0.15, -0.1) is 0 Å². The quantitative estimate of drug-likeness (QED) is 0.865. The number of methoxy groups -OCH3 is 1. The van der Waals surface area contributed by atoms with Gasteiger partial charge in [0.2, 0.25) is 5.91 Å². The van der Waals surface area contributed by atoms with E-state index in [4.69, 9.17) is 20.8 Å². The summed E-state index contributed by atoms with van der Waals surface area (Å²) >= 11 is 6.08. The van der Waals surface area contributed by atoms with Crippen LogP contribution in [0.5, 0.6) is 5.75 Å². The monoisotopic (exact) mass is 377 g/mol. The topological polar surface area (TPSA) is 75.0 Å². The second-order valence-electron chi connectivity index (χ2n) is 5.85. The number of anilines is 1. The Balaban J connectivity index is 1.48. The Morgan fingerprint density at radius 1 is 1.19 bits per heavy atom. The Hall–Kier alpha value is -2.67. The van der Waals surface area contributed by atoms with Gasteiger partial charge in [-0.1, -0.05) is 11.6 Å². The predicted molar refractivity (Wildman–Crippen MR) is 97.7 cm³/mol. The molecule has 0 radical (unpaired) electrons. The number of furan rings is 1. The molecule has 138 valence electrons. The van der Waals surface area contributed by atoms with Crippen LogP contribution >= 0.6 is 11.6 Å². The molecule has 1 N–H and O–H groups in total. The van der Waals surface area contributed by atoms with Gasteiger partial charge in [-0.3, -0.25) is 9.59 Å². The van der Waals surface area contributed by atoms with Crippen molar-refractivity contribution in [1.82, 2.24) is 9.80 Å². The summed E-state index contributed by atoms with van der Waals surface area (Å²) in [6, 6.07) is 8.59. The highest BCUT2D eigenvalue weighted by atomic mass is 35.5. The number of ether oxygens (including phenoxy) is 1. The molecule has 8 heteroatoms. The summed E-state index contributed by atoms with van der Waals surface area (Å²) in [7, 11) is 1.55. The lowest BCUT2D eigenvalue weighted by atomic mass is 10.2. The summed E-state index contributed by atoms with van der Waals surface area (Å²) in [5.74, 6) is 0.735. The van der Waals surface area contributed by atoms with Gasteiger partial charge in [0, 0.05) is 31.9 Å². The average Bonchev–Trinajstić information content (AvgIpc) is 3.20. The highest BCUT2D eigenvalue weighted by Crippen LogP contribution is 2.27. The van der Waals surface area contributed by atoms with Crippen LogP contribution in [-0.2, 0) is 4.79 Å². The fourth-order valence-corrected chi connectivity index (χ4v) is 3.04. The number of benzene rings is 1. The minimum atomic E-state index is -0.145. The molecule has 0 bridgehead atoms. The first-order valence-corrected chi connectivity index (χ1v) is 8.64. The van der Waals surface area contributed by atoms with E-state index in [0.717, 1.165) is 5.69 Å². The molecule has 3 rings (SSSR count). The lowest BCUT2D eigenvalue weighted by Gasteiger charge is -2.34. The van der Waals surface area contributed by atoms with Gasteiger partial charge >= 0.3 is 0 Å². The zero-order valence-electron chi connectivity index (χ0n) is 14.4. The number of rotatable bonds is 5. The van der Waals surface area contributed by atoms with E-state index < -0.39 is 0 Å². The number of nitrogens with zero attached hydrogens (tertiary/aromatic N) is 2. The van der Waals surface area contributed by atoms with E-state index in [1.165, 1.54) is 6.26 Å². The lowest BCUT2D eigenvalue weighted by Crippen LogP contribution is -2.51. The Kier molecular flexibility index (Phi) is 5.68. The summed E-state index contributed by atoms with van der Waals surface area (Å²) in [6.07, 6.45) is 1.48. The molecular formula is C18H20ClN3O4. The second kappa shape index (κ2) is 8.14. The fourth-order valence-electron chi connectivity index (χ4n) is 2.78. The maximum Gasteiger partial charge on any atom is 0.289 e. The smallest absolute Gasteiger partial charge is 0.289 e. The van der Waals surface area contributed by atoms with E-state index in [2.05, 4.69) is 5.32 Å². The number of carbonyl (C=O) groups is 2. The molecule has 7 nitrogen and oxygen atoms in total. The van der Waals surface area contributed by atoms with Crippen LogP contribution in [0.1, 0.15) is 10.6 Å². The van der Waals surface area contributed by atoms with Gasteiger partial charge in [0.1, 0.15) is 5.75 Å². The van der Waals surface area contributed by atoms with Gasteiger partial charge in [-0.05, 0) is 30.3 Å². The number of halogens is 1. The summed E-state index contributed by atoms with van der Waals surface area (Å²) in [5, 5.41) is 3.54. The second-order valence-corrected chi connectivity index (χ2v) is 6.26. The van der Waals surface area contributed by atoms with Gasteiger partial charge in [0.15, 0.2) is 5.76 Å². The van der Waals surface area contributed by atoms with E-state index in [9.17, 15) is 9.59 Å². The molecule has 2 amide bonds. The minimum Gasteiger partial charge on any atom is -0.495 e. The molecule has 0 spiro atoms. The number of carbonyl (C=O) groups excluding carboxylic acids is 2. The zero-order valence-corrected chi connectivity index (χ0v) is 15.2. The summed E-state index contributed by atoms with van der Waals surface area (Å²) in [5.41, 5.74) is 0.746. The van der Waals surface area contributed by atoms with Crippen molar-refractivity contribution in [3.63, 3.8) is 0 Å². The van der Waals surface area contributed by atoms with E-state index in [0.29, 0.717) is 42.7 Å². The Labute approximate surface area is 156 Å². The third kappa shape index (κ3) is 4.11. The summed E-state index contributed by atoms with van der Waals surface area (Å²) < 4.78 is 10.2. The van der Waals surface area contributed by atoms with Crippen LogP contribution in [0.3, 0.4) is 0 Å². The Morgan fingerprint density at radius 3 is 2.54 bits per heavy atom. The Bertz CT molecular complexity index is 771. The van der Waals surface area contributed by atoms with E-state index >= 15 is 0 Å². The maximum atomic E-state index is 12.4. The fraction of sp³-hybridized carbons (Fsp3) is 0.333. The number of piperazine rings is 1. The van der Waals surface area contributed by atoms with Crippen molar-refractivity contribution in [3.05, 3.63) is 47.4 Å². The number of hydrogen-bond donors (Lipinski definition) is 1. The number of amides is 2. The van der Waals surface area contributed by atoms with Crippen LogP contribution in [0, 0.1) is 0 Å². The molecule has 0 atom stereocenters. The van der Waals surface area contributed by atoms with E-state index in [1.807, 2.05) is 0 Å². The van der Waals surface area contributed by atoms with Crippen molar-refractivity contribution in [2.24, 2.45) is 0 Å². The van der Waals surface area contributed by atoms with Crippen LogP contribution in [-0.4, -0.2) is 61.4 Å². The maximum absolute atomic E-state index is 12.4.